The number of amides is 2. The normalized spacial score (nSPS) is 12.0. The molecule has 0 aliphatic rings. The number of hydrogen-bond donors (Lipinski definition) is 1. The van der Waals surface area contributed by atoms with E-state index in [0.29, 0.717) is 17.9 Å². The van der Waals surface area contributed by atoms with E-state index in [-0.39, 0.29) is 29.1 Å². The van der Waals surface area contributed by atoms with E-state index in [1.54, 1.807) is 19.1 Å². The van der Waals surface area contributed by atoms with Gasteiger partial charge in [0.05, 0.1) is 24.8 Å². The number of ether oxygens (including phenoxy) is 2. The van der Waals surface area contributed by atoms with E-state index in [0.717, 1.165) is 21.0 Å². The molecule has 0 radical (unpaired) electrons. The largest absolute Gasteiger partial charge is 0.493 e. The second-order valence-electron chi connectivity index (χ2n) is 10.5. The van der Waals surface area contributed by atoms with Gasteiger partial charge in [-0.25, -0.2) is 8.42 Å². The molecule has 0 aliphatic heterocycles. The average molecular weight is 596 g/mol. The molecule has 0 aromatic heterocycles. The van der Waals surface area contributed by atoms with E-state index in [2.05, 4.69) is 5.32 Å². The van der Waals surface area contributed by atoms with E-state index in [1.165, 1.54) is 37.3 Å². The number of benzene rings is 3. The highest BCUT2D eigenvalue weighted by Gasteiger charge is 2.33. The molecule has 10 heteroatoms. The van der Waals surface area contributed by atoms with Gasteiger partial charge in [-0.05, 0) is 82.0 Å². The quantitative estimate of drug-likeness (QED) is 0.312. The van der Waals surface area contributed by atoms with E-state index in [9.17, 15) is 18.0 Å². The molecule has 0 spiro atoms. The summed E-state index contributed by atoms with van der Waals surface area (Å²) in [7, 11) is -1.37. The Balaban J connectivity index is 2.06. The maximum atomic E-state index is 14.2. The van der Waals surface area contributed by atoms with Crippen LogP contribution >= 0.6 is 0 Å². The Morgan fingerprint density at radius 1 is 0.857 bits per heavy atom. The van der Waals surface area contributed by atoms with Crippen molar-refractivity contribution < 1.29 is 27.5 Å². The van der Waals surface area contributed by atoms with Gasteiger partial charge in [0.2, 0.25) is 11.8 Å². The van der Waals surface area contributed by atoms with Crippen LogP contribution in [-0.2, 0) is 26.0 Å². The number of nitrogens with one attached hydrogen (secondary N) is 1. The number of rotatable bonds is 13. The van der Waals surface area contributed by atoms with Crippen molar-refractivity contribution in [2.45, 2.75) is 58.0 Å². The number of nitrogens with zero attached hydrogens (tertiary/aromatic N) is 2. The Hall–Kier alpha value is -4.05. The van der Waals surface area contributed by atoms with Crippen molar-refractivity contribution in [2.24, 2.45) is 0 Å². The zero-order valence-corrected chi connectivity index (χ0v) is 26.2. The number of carbonyl (C=O) groups is 2. The Labute approximate surface area is 249 Å². The summed E-state index contributed by atoms with van der Waals surface area (Å²) >= 11 is 0. The van der Waals surface area contributed by atoms with E-state index >= 15 is 0 Å². The first-order chi connectivity index (χ1) is 19.9. The lowest BCUT2D eigenvalue weighted by atomic mass is 10.1. The predicted molar refractivity (Wildman–Crippen MR) is 165 cm³/mol. The van der Waals surface area contributed by atoms with Crippen molar-refractivity contribution in [3.8, 4) is 11.5 Å². The highest BCUT2D eigenvalue weighted by Crippen LogP contribution is 2.33. The molecule has 0 bridgehead atoms. The monoisotopic (exact) mass is 595 g/mol. The summed E-state index contributed by atoms with van der Waals surface area (Å²) in [6.45, 7) is 8.80. The van der Waals surface area contributed by atoms with E-state index < -0.39 is 28.5 Å². The Morgan fingerprint density at radius 3 is 2.05 bits per heavy atom. The van der Waals surface area contributed by atoms with Gasteiger partial charge in [0.15, 0.2) is 11.5 Å². The van der Waals surface area contributed by atoms with Crippen LogP contribution in [0.4, 0.5) is 5.69 Å². The number of sulfonamides is 1. The molecule has 2 amide bonds. The molecule has 9 nitrogen and oxygen atoms in total. The van der Waals surface area contributed by atoms with Crippen LogP contribution in [0.25, 0.3) is 0 Å². The van der Waals surface area contributed by atoms with Crippen LogP contribution in [0, 0.1) is 13.8 Å². The molecular weight excluding hydrogens is 554 g/mol. The van der Waals surface area contributed by atoms with Crippen molar-refractivity contribution in [2.75, 3.05) is 31.6 Å². The predicted octanol–water partition coefficient (Wildman–Crippen LogP) is 4.50. The van der Waals surface area contributed by atoms with Crippen LogP contribution in [0.1, 0.15) is 37.5 Å². The number of aryl methyl sites for hydroxylation is 2. The molecular formula is C32H41N3O6S. The zero-order valence-electron chi connectivity index (χ0n) is 25.4. The average Bonchev–Trinajstić information content (AvgIpc) is 2.94. The van der Waals surface area contributed by atoms with Gasteiger partial charge in [0, 0.05) is 18.7 Å². The van der Waals surface area contributed by atoms with E-state index in [1.807, 2.05) is 64.1 Å². The summed E-state index contributed by atoms with van der Waals surface area (Å²) in [5.74, 6) is -0.191. The molecule has 3 rings (SSSR count). The van der Waals surface area contributed by atoms with Gasteiger partial charge < -0.3 is 19.7 Å². The summed E-state index contributed by atoms with van der Waals surface area (Å²) < 4.78 is 40.1. The van der Waals surface area contributed by atoms with E-state index in [4.69, 9.17) is 9.47 Å². The summed E-state index contributed by atoms with van der Waals surface area (Å²) in [5, 5.41) is 2.87. The zero-order chi connectivity index (χ0) is 31.0. The number of carbonyl (C=O) groups excluding carboxylic acids is 2. The third kappa shape index (κ3) is 8.03. The Morgan fingerprint density at radius 2 is 1.48 bits per heavy atom. The minimum Gasteiger partial charge on any atom is -0.493 e. The summed E-state index contributed by atoms with van der Waals surface area (Å²) in [5.41, 5.74) is 3.03. The van der Waals surface area contributed by atoms with Crippen LogP contribution in [-0.4, -0.2) is 64.5 Å². The summed E-state index contributed by atoms with van der Waals surface area (Å²) in [6.07, 6.45) is 0.498. The van der Waals surface area contributed by atoms with Crippen LogP contribution < -0.4 is 19.1 Å². The van der Waals surface area contributed by atoms with Crippen molar-refractivity contribution in [3.63, 3.8) is 0 Å². The van der Waals surface area contributed by atoms with Crippen LogP contribution in [0.2, 0.25) is 0 Å². The molecule has 0 heterocycles. The molecule has 0 saturated heterocycles. The van der Waals surface area contributed by atoms with Gasteiger partial charge in [-0.3, -0.25) is 13.9 Å². The molecule has 0 aliphatic carbocycles. The maximum Gasteiger partial charge on any atom is 0.264 e. The van der Waals surface area contributed by atoms with Gasteiger partial charge in [-0.2, -0.15) is 0 Å². The first-order valence-electron chi connectivity index (χ1n) is 13.8. The van der Waals surface area contributed by atoms with Gasteiger partial charge in [0.25, 0.3) is 10.0 Å². The third-order valence-corrected chi connectivity index (χ3v) is 8.57. The van der Waals surface area contributed by atoms with Gasteiger partial charge in [-0.1, -0.05) is 36.4 Å². The first-order valence-corrected chi connectivity index (χ1v) is 15.3. The summed E-state index contributed by atoms with van der Waals surface area (Å²) in [4.78, 5) is 28.5. The molecule has 42 heavy (non-hydrogen) atoms. The molecule has 1 unspecified atom stereocenters. The Bertz CT molecular complexity index is 1470. The second kappa shape index (κ2) is 14.2. The highest BCUT2D eigenvalue weighted by atomic mass is 32.2. The van der Waals surface area contributed by atoms with Crippen molar-refractivity contribution >= 4 is 27.5 Å². The van der Waals surface area contributed by atoms with Crippen LogP contribution in [0.15, 0.2) is 71.6 Å². The smallest absolute Gasteiger partial charge is 0.264 e. The lowest BCUT2D eigenvalue weighted by Crippen LogP contribution is -2.53. The fourth-order valence-electron chi connectivity index (χ4n) is 4.70. The fraction of sp³-hybridized carbons (Fsp3) is 0.375. The van der Waals surface area contributed by atoms with Crippen LogP contribution in [0.5, 0.6) is 11.5 Å². The lowest BCUT2D eigenvalue weighted by Gasteiger charge is -2.32. The third-order valence-electron chi connectivity index (χ3n) is 6.80. The van der Waals surface area contributed by atoms with Gasteiger partial charge in [0.1, 0.15) is 12.6 Å². The second-order valence-corrected chi connectivity index (χ2v) is 12.4. The minimum absolute atomic E-state index is 0.0615. The van der Waals surface area contributed by atoms with Crippen molar-refractivity contribution in [3.05, 3.63) is 83.4 Å². The van der Waals surface area contributed by atoms with Crippen molar-refractivity contribution in [1.29, 1.82) is 0 Å². The fourth-order valence-corrected chi connectivity index (χ4v) is 6.12. The maximum absolute atomic E-state index is 14.2. The topological polar surface area (TPSA) is 105 Å². The molecule has 0 fully saturated rings. The van der Waals surface area contributed by atoms with Gasteiger partial charge >= 0.3 is 0 Å². The SMILES string of the molecule is COc1ccc(S(=O)(=O)N(CC(=O)N(CCc2ccccc2)C(C)C(=O)NC(C)C)c2cc(C)cc(C)c2)cc1OC. The number of methoxy groups -OCH3 is 2. The molecule has 0 saturated carbocycles. The highest BCUT2D eigenvalue weighted by molar-refractivity contribution is 7.92. The van der Waals surface area contributed by atoms with Crippen molar-refractivity contribution in [1.82, 2.24) is 10.2 Å². The van der Waals surface area contributed by atoms with Gasteiger partial charge in [-0.15, -0.1) is 0 Å². The summed E-state index contributed by atoms with van der Waals surface area (Å²) in [6, 6.07) is 18.4. The molecule has 3 aromatic carbocycles. The first kappa shape index (κ1) is 32.5. The van der Waals surface area contributed by atoms with Crippen LogP contribution in [0.3, 0.4) is 0 Å². The molecule has 226 valence electrons. The lowest BCUT2D eigenvalue weighted by molar-refractivity contribution is -0.139. The molecule has 1 atom stereocenters. The molecule has 1 N–H and O–H groups in total. The molecule has 3 aromatic rings. The number of hydrogen-bond acceptors (Lipinski definition) is 6. The minimum atomic E-state index is -4.26. The number of anilines is 1. The standard InChI is InChI=1S/C32H41N3O6S/c1-22(2)33-32(37)25(5)34(16-15-26-11-9-8-10-12-26)31(36)21-35(27-18-23(3)17-24(4)19-27)42(38,39)28-13-14-29(40-6)30(20-28)41-7/h8-14,17-20,22,25H,15-16,21H2,1-7H3,(H,33,37). The Kier molecular flexibility index (Phi) is 11.0.